The van der Waals surface area contributed by atoms with Gasteiger partial charge in [0.25, 0.3) is 0 Å². The van der Waals surface area contributed by atoms with Crippen LogP contribution in [0.15, 0.2) is 12.4 Å². The van der Waals surface area contributed by atoms with E-state index in [-0.39, 0.29) is 12.5 Å². The lowest BCUT2D eigenvalue weighted by Crippen LogP contribution is -2.17. The van der Waals surface area contributed by atoms with E-state index in [2.05, 4.69) is 20.0 Å². The minimum atomic E-state index is -0.318. The van der Waals surface area contributed by atoms with E-state index in [0.717, 1.165) is 31.7 Å². The number of carbonyl (C=O) groups excluding carboxylic acids is 1. The van der Waals surface area contributed by atoms with Gasteiger partial charge in [-0.25, -0.2) is 9.97 Å². The Morgan fingerprint density at radius 1 is 1.50 bits per heavy atom. The van der Waals surface area contributed by atoms with Crippen molar-refractivity contribution in [1.29, 1.82) is 0 Å². The average Bonchev–Trinajstić information content (AvgIpc) is 2.46. The number of anilines is 1. The van der Waals surface area contributed by atoms with Gasteiger partial charge in [-0.2, -0.15) is 0 Å². The maximum atomic E-state index is 11.0. The van der Waals surface area contributed by atoms with Crippen molar-refractivity contribution >= 4 is 11.8 Å². The van der Waals surface area contributed by atoms with E-state index in [1.165, 1.54) is 13.4 Å². The van der Waals surface area contributed by atoms with Crippen molar-refractivity contribution in [3.8, 4) is 0 Å². The second kappa shape index (κ2) is 6.30. The molecule has 1 aliphatic heterocycles. The van der Waals surface area contributed by atoms with E-state index in [0.29, 0.717) is 11.7 Å². The number of carbonyl (C=O) groups is 1. The summed E-state index contributed by atoms with van der Waals surface area (Å²) >= 11 is 0. The zero-order valence-corrected chi connectivity index (χ0v) is 10.4. The van der Waals surface area contributed by atoms with Gasteiger partial charge in [0.2, 0.25) is 0 Å². The second-order valence-electron chi connectivity index (χ2n) is 4.14. The molecule has 1 N–H and O–H groups in total. The summed E-state index contributed by atoms with van der Waals surface area (Å²) in [6.07, 6.45) is 3.48. The van der Waals surface area contributed by atoms with Crippen LogP contribution >= 0.6 is 0 Å². The second-order valence-corrected chi connectivity index (χ2v) is 4.14. The molecular formula is C12H17N3O3. The van der Waals surface area contributed by atoms with Crippen LogP contribution in [0.5, 0.6) is 0 Å². The Hall–Kier alpha value is -1.69. The fourth-order valence-corrected chi connectivity index (χ4v) is 1.92. The van der Waals surface area contributed by atoms with Crippen LogP contribution < -0.4 is 5.32 Å². The van der Waals surface area contributed by atoms with Crippen LogP contribution in [0, 0.1) is 0 Å². The number of aromatic nitrogens is 2. The van der Waals surface area contributed by atoms with Gasteiger partial charge in [0.15, 0.2) is 0 Å². The van der Waals surface area contributed by atoms with E-state index in [4.69, 9.17) is 4.74 Å². The summed E-state index contributed by atoms with van der Waals surface area (Å²) < 4.78 is 9.88. The Balaban J connectivity index is 1.98. The van der Waals surface area contributed by atoms with E-state index in [1.807, 2.05) is 6.07 Å². The number of methoxy groups -OCH3 is 1. The smallest absolute Gasteiger partial charge is 0.325 e. The highest BCUT2D eigenvalue weighted by atomic mass is 16.5. The van der Waals surface area contributed by atoms with Crippen LogP contribution in [0.25, 0.3) is 0 Å². The van der Waals surface area contributed by atoms with Crippen molar-refractivity contribution in [2.75, 3.05) is 32.2 Å². The molecule has 1 fully saturated rings. The molecule has 0 radical (unpaired) electrons. The molecule has 18 heavy (non-hydrogen) atoms. The number of rotatable bonds is 4. The molecule has 1 saturated heterocycles. The highest BCUT2D eigenvalue weighted by Crippen LogP contribution is 2.25. The number of hydrogen-bond acceptors (Lipinski definition) is 6. The standard InChI is InChI=1S/C12H17N3O3/c1-17-12(16)7-13-11-6-10(14-8-15-11)9-2-4-18-5-3-9/h6,8-9H,2-5,7H2,1H3,(H,13,14,15). The monoisotopic (exact) mass is 251 g/mol. The summed E-state index contributed by atoms with van der Waals surface area (Å²) in [7, 11) is 1.36. The summed E-state index contributed by atoms with van der Waals surface area (Å²) in [5, 5.41) is 2.92. The molecule has 0 saturated carbocycles. The fourth-order valence-electron chi connectivity index (χ4n) is 1.92. The number of ether oxygens (including phenoxy) is 2. The van der Waals surface area contributed by atoms with Crippen LogP contribution in [-0.2, 0) is 14.3 Å². The van der Waals surface area contributed by atoms with Gasteiger partial charge in [-0.05, 0) is 12.8 Å². The van der Waals surface area contributed by atoms with Crippen molar-refractivity contribution in [3.05, 3.63) is 18.1 Å². The molecule has 0 aromatic carbocycles. The number of nitrogens with one attached hydrogen (secondary N) is 1. The van der Waals surface area contributed by atoms with Gasteiger partial charge in [0.1, 0.15) is 18.7 Å². The predicted molar refractivity (Wildman–Crippen MR) is 65.3 cm³/mol. The van der Waals surface area contributed by atoms with Gasteiger partial charge in [0.05, 0.1) is 7.11 Å². The molecule has 0 unspecified atom stereocenters. The molecule has 1 aromatic heterocycles. The van der Waals surface area contributed by atoms with Gasteiger partial charge in [-0.15, -0.1) is 0 Å². The number of esters is 1. The van der Waals surface area contributed by atoms with Crippen LogP contribution in [0.4, 0.5) is 5.82 Å². The Labute approximate surface area is 106 Å². The van der Waals surface area contributed by atoms with Crippen molar-refractivity contribution in [1.82, 2.24) is 9.97 Å². The van der Waals surface area contributed by atoms with Gasteiger partial charge < -0.3 is 14.8 Å². The van der Waals surface area contributed by atoms with Gasteiger partial charge in [0, 0.05) is 30.9 Å². The molecule has 2 rings (SSSR count). The van der Waals surface area contributed by atoms with Crippen LogP contribution in [0.3, 0.4) is 0 Å². The first kappa shape index (κ1) is 12.8. The molecule has 0 amide bonds. The molecular weight excluding hydrogens is 234 g/mol. The predicted octanol–water partition coefficient (Wildman–Crippen LogP) is 0.955. The van der Waals surface area contributed by atoms with Gasteiger partial charge >= 0.3 is 5.97 Å². The van der Waals surface area contributed by atoms with Crippen LogP contribution in [0.2, 0.25) is 0 Å². The van der Waals surface area contributed by atoms with Crippen LogP contribution in [0.1, 0.15) is 24.5 Å². The first-order chi connectivity index (χ1) is 8.79. The third kappa shape index (κ3) is 3.40. The first-order valence-electron chi connectivity index (χ1n) is 6.00. The molecule has 0 spiro atoms. The summed E-state index contributed by atoms with van der Waals surface area (Å²) in [4.78, 5) is 19.4. The Bertz CT molecular complexity index is 405. The molecule has 0 atom stereocenters. The lowest BCUT2D eigenvalue weighted by molar-refractivity contribution is -0.138. The Morgan fingerprint density at radius 3 is 3.00 bits per heavy atom. The third-order valence-corrected chi connectivity index (χ3v) is 2.97. The summed E-state index contributed by atoms with van der Waals surface area (Å²) in [5.41, 5.74) is 1.00. The molecule has 0 bridgehead atoms. The van der Waals surface area contributed by atoms with Crippen molar-refractivity contribution in [3.63, 3.8) is 0 Å². The quantitative estimate of drug-likeness (QED) is 0.803. The first-order valence-corrected chi connectivity index (χ1v) is 6.00. The van der Waals surface area contributed by atoms with E-state index in [9.17, 15) is 4.79 Å². The molecule has 1 aromatic rings. The number of nitrogens with zero attached hydrogens (tertiary/aromatic N) is 2. The molecule has 1 aliphatic rings. The zero-order valence-electron chi connectivity index (χ0n) is 10.4. The molecule has 6 nitrogen and oxygen atoms in total. The Morgan fingerprint density at radius 2 is 2.28 bits per heavy atom. The van der Waals surface area contributed by atoms with Gasteiger partial charge in [-0.3, -0.25) is 4.79 Å². The minimum Gasteiger partial charge on any atom is -0.468 e. The minimum absolute atomic E-state index is 0.112. The number of hydrogen-bond donors (Lipinski definition) is 1. The normalized spacial score (nSPS) is 16.3. The van der Waals surface area contributed by atoms with E-state index < -0.39 is 0 Å². The molecule has 2 heterocycles. The maximum absolute atomic E-state index is 11.0. The molecule has 98 valence electrons. The average molecular weight is 251 g/mol. The van der Waals surface area contributed by atoms with Crippen LogP contribution in [-0.4, -0.2) is 42.8 Å². The summed E-state index contributed by atoms with van der Waals surface area (Å²) in [6.45, 7) is 1.67. The highest BCUT2D eigenvalue weighted by Gasteiger charge is 2.17. The van der Waals surface area contributed by atoms with E-state index in [1.54, 1.807) is 0 Å². The largest absolute Gasteiger partial charge is 0.468 e. The van der Waals surface area contributed by atoms with Crippen molar-refractivity contribution < 1.29 is 14.3 Å². The third-order valence-electron chi connectivity index (χ3n) is 2.97. The lowest BCUT2D eigenvalue weighted by atomic mass is 9.96. The zero-order chi connectivity index (χ0) is 12.8. The Kier molecular flexibility index (Phi) is 4.46. The SMILES string of the molecule is COC(=O)CNc1cc(C2CCOCC2)ncn1. The van der Waals surface area contributed by atoms with Crippen molar-refractivity contribution in [2.24, 2.45) is 0 Å². The lowest BCUT2D eigenvalue weighted by Gasteiger charge is -2.21. The highest BCUT2D eigenvalue weighted by molar-refractivity contribution is 5.74. The van der Waals surface area contributed by atoms with Gasteiger partial charge in [-0.1, -0.05) is 0 Å². The fraction of sp³-hybridized carbons (Fsp3) is 0.583. The van der Waals surface area contributed by atoms with Crippen molar-refractivity contribution in [2.45, 2.75) is 18.8 Å². The topological polar surface area (TPSA) is 73.3 Å². The summed E-state index contributed by atoms with van der Waals surface area (Å²) in [5.74, 6) is 0.749. The summed E-state index contributed by atoms with van der Waals surface area (Å²) in [6, 6.07) is 1.89. The maximum Gasteiger partial charge on any atom is 0.325 e. The molecule has 0 aliphatic carbocycles. The molecule has 6 heteroatoms. The van der Waals surface area contributed by atoms with E-state index >= 15 is 0 Å².